The quantitative estimate of drug-likeness (QED) is 0.551. The second-order valence-corrected chi connectivity index (χ2v) is 6.09. The van der Waals surface area contributed by atoms with Crippen molar-refractivity contribution in [1.29, 1.82) is 0 Å². The number of carbonyl (C=O) groups is 1. The molecule has 1 aromatic carbocycles. The van der Waals surface area contributed by atoms with Crippen molar-refractivity contribution in [3.05, 3.63) is 60.8 Å². The molecule has 0 spiro atoms. The van der Waals surface area contributed by atoms with Crippen LogP contribution >= 0.6 is 12.8 Å². The van der Waals surface area contributed by atoms with Gasteiger partial charge in [0.05, 0.1) is 18.4 Å². The van der Waals surface area contributed by atoms with E-state index in [0.29, 0.717) is 23.5 Å². The Hall–Kier alpha value is -2.93. The minimum Gasteiger partial charge on any atom is -0.291 e. The minimum absolute atomic E-state index is 0.348. The summed E-state index contributed by atoms with van der Waals surface area (Å²) >= 11 is 4.14. The molecule has 2 heterocycles. The van der Waals surface area contributed by atoms with Crippen LogP contribution in [0.2, 0.25) is 0 Å². The lowest BCUT2D eigenvalue weighted by atomic mass is 10.2. The number of benzene rings is 1. The van der Waals surface area contributed by atoms with Gasteiger partial charge in [-0.3, -0.25) is 14.6 Å². The summed E-state index contributed by atoms with van der Waals surface area (Å²) in [5, 5.41) is 2.69. The molecular weight excluding hydrogens is 334 g/mol. The summed E-state index contributed by atoms with van der Waals surface area (Å²) in [6, 6.07) is 12.8. The molecule has 0 aliphatic rings. The summed E-state index contributed by atoms with van der Waals surface area (Å²) < 4.78 is 1.24. The highest BCUT2D eigenvalue weighted by molar-refractivity contribution is 7.78. The van der Waals surface area contributed by atoms with Crippen LogP contribution in [0.5, 0.6) is 0 Å². The number of pyridine rings is 1. The van der Waals surface area contributed by atoms with Crippen LogP contribution in [0, 0.1) is 0 Å². The van der Waals surface area contributed by atoms with E-state index in [1.54, 1.807) is 18.3 Å². The highest BCUT2D eigenvalue weighted by Crippen LogP contribution is 2.19. The fraction of sp³-hybridized carbons (Fsp3) is 0.111. The average Bonchev–Trinajstić information content (AvgIpc) is 2.61. The maximum atomic E-state index is 12.1. The first-order valence-corrected chi connectivity index (χ1v) is 8.04. The number of amides is 2. The maximum Gasteiger partial charge on any atom is 0.333 e. The zero-order valence-electron chi connectivity index (χ0n) is 13.7. The van der Waals surface area contributed by atoms with E-state index < -0.39 is 0 Å². The molecule has 0 aliphatic carbocycles. The Labute approximate surface area is 151 Å². The van der Waals surface area contributed by atoms with Gasteiger partial charge in [0.2, 0.25) is 0 Å². The van der Waals surface area contributed by atoms with Crippen molar-refractivity contribution in [1.82, 2.24) is 19.3 Å². The number of hydrogen-bond acceptors (Lipinski definition) is 5. The molecule has 3 aromatic rings. The van der Waals surface area contributed by atoms with Gasteiger partial charge in [-0.15, -0.1) is 0 Å². The molecule has 0 radical (unpaired) electrons. The van der Waals surface area contributed by atoms with Crippen molar-refractivity contribution < 1.29 is 4.79 Å². The van der Waals surface area contributed by atoms with Gasteiger partial charge in [0.15, 0.2) is 5.65 Å². The second kappa shape index (κ2) is 7.31. The van der Waals surface area contributed by atoms with E-state index in [4.69, 9.17) is 0 Å². The van der Waals surface area contributed by atoms with Crippen molar-refractivity contribution in [2.45, 2.75) is 6.92 Å². The van der Waals surface area contributed by atoms with E-state index in [9.17, 15) is 4.79 Å². The third kappa shape index (κ3) is 4.13. The normalized spacial score (nSPS) is 10.5. The van der Waals surface area contributed by atoms with Gasteiger partial charge in [-0.05, 0) is 19.1 Å². The molecule has 0 aliphatic heterocycles. The van der Waals surface area contributed by atoms with Crippen molar-refractivity contribution >= 4 is 35.8 Å². The van der Waals surface area contributed by atoms with Crippen molar-refractivity contribution in [3.63, 3.8) is 0 Å². The zero-order chi connectivity index (χ0) is 17.8. The van der Waals surface area contributed by atoms with Gasteiger partial charge < -0.3 is 0 Å². The molecular formula is C18H17N5OS. The summed E-state index contributed by atoms with van der Waals surface area (Å²) in [6.07, 6.45) is 1.71. The van der Waals surface area contributed by atoms with Crippen LogP contribution in [0.1, 0.15) is 6.92 Å². The first-order chi connectivity index (χ1) is 12.0. The fourth-order valence-electron chi connectivity index (χ4n) is 2.22. The van der Waals surface area contributed by atoms with Crippen LogP contribution < -0.4 is 5.32 Å². The first kappa shape index (κ1) is 16.9. The number of thiol groups is 1. The summed E-state index contributed by atoms with van der Waals surface area (Å²) in [6.45, 7) is 5.93. The molecule has 2 aromatic heterocycles. The molecule has 126 valence electrons. The smallest absolute Gasteiger partial charge is 0.291 e. The highest BCUT2D eigenvalue weighted by Gasteiger charge is 2.11. The molecule has 0 unspecified atom stereocenters. The van der Waals surface area contributed by atoms with Gasteiger partial charge >= 0.3 is 6.03 Å². The van der Waals surface area contributed by atoms with Gasteiger partial charge in [0, 0.05) is 5.56 Å². The Bertz CT molecular complexity index is 929. The van der Waals surface area contributed by atoms with Crippen LogP contribution in [-0.4, -0.2) is 31.8 Å². The van der Waals surface area contributed by atoms with Gasteiger partial charge in [-0.25, -0.2) is 14.8 Å². The minimum atomic E-state index is -0.384. The Balaban J connectivity index is 1.86. The predicted octanol–water partition coefficient (Wildman–Crippen LogP) is 3.95. The average molecular weight is 351 g/mol. The number of carbonyl (C=O) groups excluding carboxylic acids is 1. The number of fused-ring (bicyclic) bond motifs is 1. The largest absolute Gasteiger partial charge is 0.333 e. The first-order valence-electron chi connectivity index (χ1n) is 7.64. The number of rotatable bonds is 4. The number of urea groups is 1. The summed E-state index contributed by atoms with van der Waals surface area (Å²) in [5.74, 6) is 0.387. The number of aromatic nitrogens is 3. The molecule has 0 saturated carbocycles. The van der Waals surface area contributed by atoms with Gasteiger partial charge in [-0.2, -0.15) is 0 Å². The Morgan fingerprint density at radius 2 is 1.96 bits per heavy atom. The molecule has 6 nitrogen and oxygen atoms in total. The van der Waals surface area contributed by atoms with E-state index >= 15 is 0 Å². The second-order valence-electron chi connectivity index (χ2n) is 5.61. The van der Waals surface area contributed by atoms with Crippen molar-refractivity contribution in [3.8, 4) is 11.3 Å². The molecule has 0 atom stereocenters. The lowest BCUT2D eigenvalue weighted by Crippen LogP contribution is -2.28. The molecule has 7 heteroatoms. The molecule has 0 bridgehead atoms. The number of nitrogens with one attached hydrogen (secondary N) is 1. The standard InChI is InChI=1S/C18H17N5OS/c1-12(2)11-23(25)18(24)22-16-9-8-14-17(21-16)20-15(10-19-14)13-6-4-3-5-7-13/h3-10,25H,1,11H2,2H3,(H,20,21,22,24). The van der Waals surface area contributed by atoms with E-state index in [-0.39, 0.29) is 6.03 Å². The Morgan fingerprint density at radius 1 is 1.20 bits per heavy atom. The summed E-state index contributed by atoms with van der Waals surface area (Å²) in [5.41, 5.74) is 3.63. The third-order valence-corrected chi connectivity index (χ3v) is 3.69. The predicted molar refractivity (Wildman–Crippen MR) is 102 cm³/mol. The van der Waals surface area contributed by atoms with Gasteiger partial charge in [0.25, 0.3) is 0 Å². The Morgan fingerprint density at radius 3 is 2.68 bits per heavy atom. The van der Waals surface area contributed by atoms with Gasteiger partial charge in [-0.1, -0.05) is 55.3 Å². The summed E-state index contributed by atoms with van der Waals surface area (Å²) in [7, 11) is 0. The lowest BCUT2D eigenvalue weighted by Gasteiger charge is -2.16. The zero-order valence-corrected chi connectivity index (χ0v) is 14.6. The van der Waals surface area contributed by atoms with Crippen LogP contribution in [-0.2, 0) is 0 Å². The van der Waals surface area contributed by atoms with Crippen LogP contribution in [0.15, 0.2) is 60.8 Å². The molecule has 0 saturated heterocycles. The van der Waals surface area contributed by atoms with Crippen LogP contribution in [0.25, 0.3) is 22.4 Å². The van der Waals surface area contributed by atoms with Crippen LogP contribution in [0.3, 0.4) is 0 Å². The van der Waals surface area contributed by atoms with E-state index in [1.807, 2.05) is 37.3 Å². The van der Waals surface area contributed by atoms with Crippen LogP contribution in [0.4, 0.5) is 10.6 Å². The Kier molecular flexibility index (Phi) is 4.95. The van der Waals surface area contributed by atoms with E-state index in [2.05, 4.69) is 39.7 Å². The third-order valence-electron chi connectivity index (χ3n) is 3.37. The monoisotopic (exact) mass is 351 g/mol. The number of nitrogens with zero attached hydrogens (tertiary/aromatic N) is 4. The van der Waals surface area contributed by atoms with Crippen molar-refractivity contribution in [2.75, 3.05) is 11.9 Å². The maximum absolute atomic E-state index is 12.1. The summed E-state index contributed by atoms with van der Waals surface area (Å²) in [4.78, 5) is 25.4. The molecule has 3 rings (SSSR count). The van der Waals surface area contributed by atoms with E-state index in [0.717, 1.165) is 16.8 Å². The fourth-order valence-corrected chi connectivity index (χ4v) is 2.51. The molecule has 2 amide bonds. The van der Waals surface area contributed by atoms with E-state index in [1.165, 1.54) is 4.31 Å². The van der Waals surface area contributed by atoms with Gasteiger partial charge in [0.1, 0.15) is 11.3 Å². The molecule has 0 fully saturated rings. The number of anilines is 1. The molecule has 1 N–H and O–H groups in total. The SMILES string of the molecule is C=C(C)CN(S)C(=O)Nc1ccc2ncc(-c3ccccc3)nc2n1. The topological polar surface area (TPSA) is 71.0 Å². The highest BCUT2D eigenvalue weighted by atomic mass is 32.1. The number of hydrogen-bond donors (Lipinski definition) is 2. The molecule has 25 heavy (non-hydrogen) atoms. The van der Waals surface area contributed by atoms with Crippen molar-refractivity contribution in [2.24, 2.45) is 0 Å². The lowest BCUT2D eigenvalue weighted by molar-refractivity contribution is 0.240.